The van der Waals surface area contributed by atoms with Crippen molar-refractivity contribution in [1.29, 1.82) is 0 Å². The lowest BCUT2D eigenvalue weighted by Gasteiger charge is -2.37. The summed E-state index contributed by atoms with van der Waals surface area (Å²) in [5.74, 6) is -0.179. The van der Waals surface area contributed by atoms with Gasteiger partial charge in [0.2, 0.25) is 0 Å². The summed E-state index contributed by atoms with van der Waals surface area (Å²) in [5, 5.41) is 12.0. The predicted molar refractivity (Wildman–Crippen MR) is 85.5 cm³/mol. The molecule has 21 heavy (non-hydrogen) atoms. The number of urea groups is 1. The molecule has 1 aromatic rings. The number of carbonyl (C=O) groups is 2. The Labute approximate surface area is 132 Å². The minimum atomic E-state index is -1.06. The van der Waals surface area contributed by atoms with Crippen molar-refractivity contribution in [2.45, 2.75) is 18.6 Å². The SMILES string of the molecule is CC1(C)CN(C(=O)Nc2cc(C(=O)O)ccc2Cl)CCS1. The van der Waals surface area contributed by atoms with Crippen LogP contribution in [0, 0.1) is 0 Å². The third-order valence-electron chi connectivity index (χ3n) is 3.17. The number of halogens is 1. The molecule has 1 aromatic carbocycles. The molecule has 0 aliphatic carbocycles. The van der Waals surface area contributed by atoms with Crippen molar-refractivity contribution in [2.75, 3.05) is 24.2 Å². The number of nitrogens with one attached hydrogen (secondary N) is 1. The summed E-state index contributed by atoms with van der Waals surface area (Å²) >= 11 is 7.84. The Balaban J connectivity index is 2.12. The number of aromatic carboxylic acids is 1. The lowest BCUT2D eigenvalue weighted by atomic mass is 10.2. The molecule has 2 N–H and O–H groups in total. The molecule has 7 heteroatoms. The molecule has 0 saturated carbocycles. The van der Waals surface area contributed by atoms with Crippen LogP contribution in [-0.2, 0) is 0 Å². The van der Waals surface area contributed by atoms with Crippen LogP contribution in [0.3, 0.4) is 0 Å². The maximum Gasteiger partial charge on any atom is 0.335 e. The number of amides is 2. The molecule has 5 nitrogen and oxygen atoms in total. The zero-order valence-corrected chi connectivity index (χ0v) is 13.4. The van der Waals surface area contributed by atoms with Gasteiger partial charge in [0.25, 0.3) is 0 Å². The molecule has 0 bridgehead atoms. The summed E-state index contributed by atoms with van der Waals surface area (Å²) in [5.41, 5.74) is 0.404. The van der Waals surface area contributed by atoms with E-state index in [2.05, 4.69) is 19.2 Å². The molecule has 2 amide bonds. The highest BCUT2D eigenvalue weighted by atomic mass is 35.5. The van der Waals surface area contributed by atoms with Crippen LogP contribution in [0.2, 0.25) is 5.02 Å². The maximum absolute atomic E-state index is 12.3. The van der Waals surface area contributed by atoms with Crippen LogP contribution < -0.4 is 5.32 Å². The van der Waals surface area contributed by atoms with Gasteiger partial charge in [-0.2, -0.15) is 11.8 Å². The summed E-state index contributed by atoms with van der Waals surface area (Å²) in [6.45, 7) is 5.49. The summed E-state index contributed by atoms with van der Waals surface area (Å²) < 4.78 is 0.0162. The molecule has 0 aromatic heterocycles. The summed E-state index contributed by atoms with van der Waals surface area (Å²) in [6, 6.07) is 3.98. The van der Waals surface area contributed by atoms with E-state index >= 15 is 0 Å². The van der Waals surface area contributed by atoms with Crippen molar-refractivity contribution in [2.24, 2.45) is 0 Å². The normalized spacial score (nSPS) is 17.4. The van der Waals surface area contributed by atoms with Gasteiger partial charge >= 0.3 is 12.0 Å². The zero-order chi connectivity index (χ0) is 15.6. The number of carboxylic acids is 1. The fourth-order valence-electron chi connectivity index (χ4n) is 2.14. The first kappa shape index (κ1) is 16.0. The largest absolute Gasteiger partial charge is 0.478 e. The van der Waals surface area contributed by atoms with E-state index in [1.807, 2.05) is 11.8 Å². The molecule has 1 fully saturated rings. The lowest BCUT2D eigenvalue weighted by Crippen LogP contribution is -2.47. The Morgan fingerprint density at radius 3 is 2.76 bits per heavy atom. The van der Waals surface area contributed by atoms with E-state index in [4.69, 9.17) is 16.7 Å². The van der Waals surface area contributed by atoms with Gasteiger partial charge in [0, 0.05) is 23.6 Å². The van der Waals surface area contributed by atoms with Crippen molar-refractivity contribution >= 4 is 41.1 Å². The van der Waals surface area contributed by atoms with E-state index < -0.39 is 5.97 Å². The number of rotatable bonds is 2. The number of hydrogen-bond donors (Lipinski definition) is 2. The van der Waals surface area contributed by atoms with E-state index in [1.54, 1.807) is 4.90 Å². The standard InChI is InChI=1S/C14H17ClN2O3S/c1-14(2)8-17(5-6-21-14)13(20)16-11-7-9(12(18)19)3-4-10(11)15/h3-4,7H,5-6,8H2,1-2H3,(H,16,20)(H,18,19). The van der Waals surface area contributed by atoms with E-state index in [9.17, 15) is 9.59 Å². The average molecular weight is 329 g/mol. The summed E-state index contributed by atoms with van der Waals surface area (Å²) in [7, 11) is 0. The molecule has 0 radical (unpaired) electrons. The lowest BCUT2D eigenvalue weighted by molar-refractivity contribution is 0.0697. The third kappa shape index (κ3) is 4.04. The smallest absolute Gasteiger partial charge is 0.335 e. The predicted octanol–water partition coefficient (Wildman–Crippen LogP) is 3.40. The molecule has 1 heterocycles. The van der Waals surface area contributed by atoms with Gasteiger partial charge in [0.05, 0.1) is 16.3 Å². The van der Waals surface area contributed by atoms with Crippen molar-refractivity contribution in [3.05, 3.63) is 28.8 Å². The highest BCUT2D eigenvalue weighted by molar-refractivity contribution is 8.00. The monoisotopic (exact) mass is 328 g/mol. The number of nitrogens with zero attached hydrogens (tertiary/aromatic N) is 1. The van der Waals surface area contributed by atoms with Crippen molar-refractivity contribution < 1.29 is 14.7 Å². The van der Waals surface area contributed by atoms with Crippen LogP contribution >= 0.6 is 23.4 Å². The van der Waals surface area contributed by atoms with E-state index in [0.717, 1.165) is 5.75 Å². The first-order valence-electron chi connectivity index (χ1n) is 6.51. The second-order valence-electron chi connectivity index (χ2n) is 5.46. The Hall–Kier alpha value is -1.40. The van der Waals surface area contributed by atoms with Crippen LogP contribution in [0.1, 0.15) is 24.2 Å². The Morgan fingerprint density at radius 1 is 1.43 bits per heavy atom. The second kappa shape index (κ2) is 6.15. The second-order valence-corrected chi connectivity index (χ2v) is 7.67. The summed E-state index contributed by atoms with van der Waals surface area (Å²) in [6.07, 6.45) is 0. The average Bonchev–Trinajstić information content (AvgIpc) is 2.39. The van der Waals surface area contributed by atoms with Gasteiger partial charge in [0.15, 0.2) is 0 Å². The molecule has 114 valence electrons. The first-order chi connectivity index (χ1) is 9.78. The number of hydrogen-bond acceptors (Lipinski definition) is 3. The molecular weight excluding hydrogens is 312 g/mol. The minimum absolute atomic E-state index is 0.0162. The van der Waals surface area contributed by atoms with Gasteiger partial charge in [-0.15, -0.1) is 0 Å². The van der Waals surface area contributed by atoms with Crippen LogP contribution in [-0.4, -0.2) is 45.6 Å². The number of carbonyl (C=O) groups excluding carboxylic acids is 1. The van der Waals surface area contributed by atoms with Crippen molar-refractivity contribution in [3.63, 3.8) is 0 Å². The van der Waals surface area contributed by atoms with Gasteiger partial charge in [-0.05, 0) is 32.0 Å². The van der Waals surface area contributed by atoms with Crippen molar-refractivity contribution in [1.82, 2.24) is 4.90 Å². The van der Waals surface area contributed by atoms with Gasteiger partial charge in [-0.25, -0.2) is 9.59 Å². The molecule has 2 rings (SSSR count). The number of anilines is 1. The number of benzene rings is 1. The van der Waals surface area contributed by atoms with Crippen LogP contribution in [0.4, 0.5) is 10.5 Å². The molecule has 1 aliphatic rings. The Bertz CT molecular complexity index is 577. The van der Waals surface area contributed by atoms with Gasteiger partial charge < -0.3 is 15.3 Å². The number of thioether (sulfide) groups is 1. The van der Waals surface area contributed by atoms with E-state index in [1.165, 1.54) is 18.2 Å². The van der Waals surface area contributed by atoms with E-state index in [0.29, 0.717) is 23.8 Å². The molecule has 1 saturated heterocycles. The zero-order valence-electron chi connectivity index (χ0n) is 11.9. The topological polar surface area (TPSA) is 69.6 Å². The van der Waals surface area contributed by atoms with Gasteiger partial charge in [0.1, 0.15) is 0 Å². The van der Waals surface area contributed by atoms with Gasteiger partial charge in [-0.3, -0.25) is 0 Å². The van der Waals surface area contributed by atoms with Crippen LogP contribution in [0.5, 0.6) is 0 Å². The van der Waals surface area contributed by atoms with E-state index in [-0.39, 0.29) is 16.3 Å². The Kier molecular flexibility index (Phi) is 4.68. The fourth-order valence-corrected chi connectivity index (χ4v) is 3.41. The molecular formula is C14H17ClN2O3S. The first-order valence-corrected chi connectivity index (χ1v) is 7.87. The Morgan fingerprint density at radius 2 is 2.14 bits per heavy atom. The molecule has 0 atom stereocenters. The molecule has 0 spiro atoms. The number of carboxylic acid groups (broad SMARTS) is 1. The van der Waals surface area contributed by atoms with Crippen LogP contribution in [0.25, 0.3) is 0 Å². The molecule has 1 aliphatic heterocycles. The maximum atomic E-state index is 12.3. The fraction of sp³-hybridized carbons (Fsp3) is 0.429. The van der Waals surface area contributed by atoms with Gasteiger partial charge in [-0.1, -0.05) is 11.6 Å². The van der Waals surface area contributed by atoms with Crippen LogP contribution in [0.15, 0.2) is 18.2 Å². The third-order valence-corrected chi connectivity index (χ3v) is 4.79. The van der Waals surface area contributed by atoms with Crippen molar-refractivity contribution in [3.8, 4) is 0 Å². The minimum Gasteiger partial charge on any atom is -0.478 e. The highest BCUT2D eigenvalue weighted by Gasteiger charge is 2.30. The molecule has 0 unspecified atom stereocenters. The highest BCUT2D eigenvalue weighted by Crippen LogP contribution is 2.30. The summed E-state index contributed by atoms with van der Waals surface area (Å²) in [4.78, 5) is 25.0. The quantitative estimate of drug-likeness (QED) is 0.873.